The van der Waals surface area contributed by atoms with E-state index in [1.54, 1.807) is 24.0 Å². The van der Waals surface area contributed by atoms with Gasteiger partial charge in [0.15, 0.2) is 0 Å². The van der Waals surface area contributed by atoms with Gasteiger partial charge in [0, 0.05) is 23.3 Å². The number of hydrogen-bond donors (Lipinski definition) is 2. The van der Waals surface area contributed by atoms with Gasteiger partial charge in [-0.25, -0.2) is 0 Å². The molecule has 1 aromatic carbocycles. The van der Waals surface area contributed by atoms with Crippen molar-refractivity contribution in [1.29, 1.82) is 0 Å². The van der Waals surface area contributed by atoms with Gasteiger partial charge >= 0.3 is 5.97 Å². The number of fused-ring (bicyclic) bond motifs is 1. The molecule has 3 fully saturated rings. The predicted molar refractivity (Wildman–Crippen MR) is 187 cm³/mol. The molecule has 1 spiro atoms. The zero-order valence-corrected chi connectivity index (χ0v) is 30.7. The molecule has 3 aliphatic rings. The number of nitrogens with one attached hydrogen (secondary N) is 1. The fourth-order valence-electron chi connectivity index (χ4n) is 8.18. The van der Waals surface area contributed by atoms with Gasteiger partial charge in [0.05, 0.1) is 37.1 Å². The van der Waals surface area contributed by atoms with E-state index in [1.165, 1.54) is 4.90 Å². The summed E-state index contributed by atoms with van der Waals surface area (Å²) in [5.74, 6) is -3.57. The number of amides is 3. The van der Waals surface area contributed by atoms with Gasteiger partial charge in [-0.15, -0.1) is 13.2 Å². The number of carbonyl (C=O) groups excluding carboxylic acids is 4. The van der Waals surface area contributed by atoms with Gasteiger partial charge in [-0.1, -0.05) is 79.2 Å². The van der Waals surface area contributed by atoms with Crippen molar-refractivity contribution in [3.63, 3.8) is 0 Å². The van der Waals surface area contributed by atoms with Crippen molar-refractivity contribution < 1.29 is 33.8 Å². The fourth-order valence-corrected chi connectivity index (χ4v) is 9.13. The first-order chi connectivity index (χ1) is 22.5. The number of ether oxygens (including phenoxy) is 2. The van der Waals surface area contributed by atoms with Crippen molar-refractivity contribution >= 4 is 39.6 Å². The number of aliphatic hydroxyl groups is 1. The Morgan fingerprint density at radius 2 is 1.85 bits per heavy atom. The SMILES string of the molecule is C=CCCC(=O)NC[C@H](C)OC(=O)[C@H]1[C@@H]2O[C@@]3(CC2Br)[C@@H]1C(=O)N([C@H](CO)c1ccccc1)[C@@H]3C(=O)N(CC=C)C(C)(C)CC(C)(C)C. The summed E-state index contributed by atoms with van der Waals surface area (Å²) in [7, 11) is 0. The number of esters is 1. The first-order valence-corrected chi connectivity index (χ1v) is 17.7. The van der Waals surface area contributed by atoms with Crippen molar-refractivity contribution in [3.8, 4) is 0 Å². The summed E-state index contributed by atoms with van der Waals surface area (Å²) < 4.78 is 12.6. The number of carbonyl (C=O) groups is 4. The zero-order chi connectivity index (χ0) is 35.6. The second kappa shape index (κ2) is 14.8. The molecule has 3 aliphatic heterocycles. The topological polar surface area (TPSA) is 125 Å². The summed E-state index contributed by atoms with van der Waals surface area (Å²) in [4.78, 5) is 58.9. The highest BCUT2D eigenvalue weighted by molar-refractivity contribution is 9.09. The highest BCUT2D eigenvalue weighted by atomic mass is 79.9. The molecule has 11 heteroatoms. The Balaban J connectivity index is 1.76. The molecule has 1 aromatic rings. The lowest BCUT2D eigenvalue weighted by Crippen LogP contribution is -2.61. The lowest BCUT2D eigenvalue weighted by atomic mass is 9.70. The molecule has 3 saturated heterocycles. The van der Waals surface area contributed by atoms with E-state index in [1.807, 2.05) is 44.2 Å². The summed E-state index contributed by atoms with van der Waals surface area (Å²) in [5, 5.41) is 13.6. The molecule has 48 heavy (non-hydrogen) atoms. The third kappa shape index (κ3) is 7.43. The Hall–Kier alpha value is -3.02. The maximum Gasteiger partial charge on any atom is 0.312 e. The molecule has 264 valence electrons. The Morgan fingerprint density at radius 1 is 1.19 bits per heavy atom. The smallest absolute Gasteiger partial charge is 0.312 e. The minimum Gasteiger partial charge on any atom is -0.460 e. The van der Waals surface area contributed by atoms with E-state index >= 15 is 4.79 Å². The summed E-state index contributed by atoms with van der Waals surface area (Å²) in [6.07, 6.45) is 3.75. The van der Waals surface area contributed by atoms with Crippen molar-refractivity contribution in [1.82, 2.24) is 15.1 Å². The molecular weight excluding hydrogens is 678 g/mol. The molecule has 2 bridgehead atoms. The van der Waals surface area contributed by atoms with Crippen molar-refractivity contribution in [3.05, 3.63) is 61.2 Å². The number of alkyl halides is 1. The number of rotatable bonds is 15. The third-order valence-corrected chi connectivity index (χ3v) is 10.5. The molecule has 10 nitrogen and oxygen atoms in total. The van der Waals surface area contributed by atoms with E-state index in [0.717, 1.165) is 0 Å². The molecule has 0 saturated carbocycles. The number of hydrogen-bond acceptors (Lipinski definition) is 7. The molecule has 4 rings (SSSR count). The van der Waals surface area contributed by atoms with Gasteiger partial charge < -0.3 is 29.7 Å². The summed E-state index contributed by atoms with van der Waals surface area (Å²) in [5.41, 5.74) is -1.44. The molecule has 2 N–H and O–H groups in total. The summed E-state index contributed by atoms with van der Waals surface area (Å²) in [6, 6.07) is 7.12. The Labute approximate surface area is 293 Å². The monoisotopic (exact) mass is 729 g/mol. The average molecular weight is 731 g/mol. The van der Waals surface area contributed by atoms with Gasteiger partial charge in [0.1, 0.15) is 17.7 Å². The number of aliphatic hydroxyl groups excluding tert-OH is 1. The van der Waals surface area contributed by atoms with Crippen LogP contribution in [0.5, 0.6) is 0 Å². The van der Waals surface area contributed by atoms with Crippen LogP contribution in [0.15, 0.2) is 55.6 Å². The first kappa shape index (κ1) is 37.8. The first-order valence-electron chi connectivity index (χ1n) is 16.8. The van der Waals surface area contributed by atoms with Crippen LogP contribution in [0.4, 0.5) is 0 Å². The number of benzene rings is 1. The van der Waals surface area contributed by atoms with E-state index in [9.17, 15) is 19.5 Å². The van der Waals surface area contributed by atoms with Gasteiger partial charge in [0.2, 0.25) is 17.7 Å². The van der Waals surface area contributed by atoms with E-state index in [-0.39, 0.29) is 41.6 Å². The van der Waals surface area contributed by atoms with Gasteiger partial charge in [0.25, 0.3) is 0 Å². The lowest BCUT2D eigenvalue weighted by Gasteiger charge is -2.46. The maximum absolute atomic E-state index is 15.1. The standard InChI is InChI=1S/C37H52BrN3O7/c1-9-11-17-27(43)39-20-23(3)47-34(46)28-29-32(44)41(26(21-42)24-15-13-12-14-16-24)31(37(29)19-25(38)30(28)48-37)33(45)40(18-10-2)36(7,8)22-35(4,5)6/h9-10,12-16,23,25-26,28-31,42H,1-2,11,17-22H2,3-8H3,(H,39,43)/t23-,25?,26+,28+,29-,30+,31+,37-/m0/s1. The molecule has 0 radical (unpaired) electrons. The van der Waals surface area contributed by atoms with Crippen LogP contribution in [-0.4, -0.2) is 92.5 Å². The minimum atomic E-state index is -1.35. The number of allylic oxidation sites excluding steroid dienone is 1. The van der Waals surface area contributed by atoms with Crippen LogP contribution in [0.25, 0.3) is 0 Å². The molecule has 3 heterocycles. The van der Waals surface area contributed by atoms with Crippen LogP contribution in [0.1, 0.15) is 78.8 Å². The fraction of sp³-hybridized carbons (Fsp3) is 0.622. The van der Waals surface area contributed by atoms with Crippen LogP contribution in [-0.2, 0) is 28.7 Å². The van der Waals surface area contributed by atoms with Gasteiger partial charge in [-0.3, -0.25) is 19.2 Å². The second-order valence-corrected chi connectivity index (χ2v) is 16.4. The molecule has 8 atom stereocenters. The van der Waals surface area contributed by atoms with Crippen LogP contribution in [0, 0.1) is 17.3 Å². The van der Waals surface area contributed by atoms with E-state index in [0.29, 0.717) is 24.8 Å². The number of halogens is 1. The van der Waals surface area contributed by atoms with E-state index < -0.39 is 65.8 Å². The van der Waals surface area contributed by atoms with Crippen molar-refractivity contribution in [2.24, 2.45) is 17.3 Å². The average Bonchev–Trinajstić information content (AvgIpc) is 3.60. The normalized spacial score (nSPS) is 27.6. The highest BCUT2D eigenvalue weighted by Crippen LogP contribution is 2.61. The van der Waals surface area contributed by atoms with Gasteiger partial charge in [-0.2, -0.15) is 0 Å². The van der Waals surface area contributed by atoms with E-state index in [4.69, 9.17) is 9.47 Å². The zero-order valence-electron chi connectivity index (χ0n) is 29.1. The molecule has 1 unspecified atom stereocenters. The second-order valence-electron chi connectivity index (χ2n) is 15.2. The molecule has 0 aliphatic carbocycles. The number of nitrogens with zero attached hydrogens (tertiary/aromatic N) is 2. The van der Waals surface area contributed by atoms with Crippen LogP contribution in [0.2, 0.25) is 0 Å². The largest absolute Gasteiger partial charge is 0.460 e. The van der Waals surface area contributed by atoms with Crippen LogP contribution in [0.3, 0.4) is 0 Å². The maximum atomic E-state index is 15.1. The molecular formula is C37H52BrN3O7. The summed E-state index contributed by atoms with van der Waals surface area (Å²) >= 11 is 3.72. The minimum absolute atomic E-state index is 0.106. The van der Waals surface area contributed by atoms with Crippen LogP contribution < -0.4 is 5.32 Å². The predicted octanol–water partition coefficient (Wildman–Crippen LogP) is 4.71. The highest BCUT2D eigenvalue weighted by Gasteiger charge is 2.78. The summed E-state index contributed by atoms with van der Waals surface area (Å²) in [6.45, 7) is 19.5. The lowest BCUT2D eigenvalue weighted by molar-refractivity contribution is -0.160. The molecule has 0 aromatic heterocycles. The quantitative estimate of drug-likeness (QED) is 0.152. The Morgan fingerprint density at radius 3 is 2.44 bits per heavy atom. The third-order valence-electron chi connectivity index (χ3n) is 9.68. The Bertz CT molecular complexity index is 1380. The van der Waals surface area contributed by atoms with Crippen molar-refractivity contribution in [2.75, 3.05) is 19.7 Å². The van der Waals surface area contributed by atoms with Crippen LogP contribution >= 0.6 is 15.9 Å². The van der Waals surface area contributed by atoms with Crippen molar-refractivity contribution in [2.45, 2.75) is 107 Å². The van der Waals surface area contributed by atoms with Gasteiger partial charge in [-0.05, 0) is 51.0 Å². The Kier molecular flexibility index (Phi) is 11.7. The van der Waals surface area contributed by atoms with E-state index in [2.05, 4.69) is 55.2 Å². The number of likely N-dealkylation sites (tertiary alicyclic amines) is 1. The molecule has 3 amide bonds.